The quantitative estimate of drug-likeness (QED) is 0.660. The maximum Gasteiger partial charge on any atom is 0.311 e. The Morgan fingerprint density at radius 1 is 1.60 bits per heavy atom. The molecule has 0 bridgehead atoms. The molecule has 1 aliphatic rings. The largest absolute Gasteiger partial charge is 0.487 e. The van der Waals surface area contributed by atoms with Gasteiger partial charge in [0.05, 0.1) is 23.2 Å². The second-order valence-electron chi connectivity index (χ2n) is 4.54. The molecule has 1 aliphatic heterocycles. The van der Waals surface area contributed by atoms with Gasteiger partial charge in [0.15, 0.2) is 0 Å². The van der Waals surface area contributed by atoms with Gasteiger partial charge in [-0.05, 0) is 19.4 Å². The molecule has 108 valence electrons. The van der Waals surface area contributed by atoms with Crippen molar-refractivity contribution in [3.8, 4) is 5.75 Å². The number of nitro groups is 1. The highest BCUT2D eigenvalue weighted by atomic mass is 16.6. The van der Waals surface area contributed by atoms with Gasteiger partial charge in [-0.1, -0.05) is 6.07 Å². The number of aliphatic hydroxyl groups excluding tert-OH is 1. The lowest BCUT2D eigenvalue weighted by atomic mass is 10.1. The number of carbonyl (C=O) groups is 1. The van der Waals surface area contributed by atoms with Crippen molar-refractivity contribution < 1.29 is 19.6 Å². The Balaban J connectivity index is 2.37. The zero-order valence-corrected chi connectivity index (χ0v) is 11.1. The zero-order chi connectivity index (χ0) is 14.7. The first-order valence-corrected chi connectivity index (χ1v) is 6.42. The molecule has 0 spiro atoms. The van der Waals surface area contributed by atoms with Gasteiger partial charge in [-0.2, -0.15) is 0 Å². The van der Waals surface area contributed by atoms with E-state index in [1.54, 1.807) is 6.92 Å². The van der Waals surface area contributed by atoms with E-state index in [2.05, 4.69) is 0 Å². The number of nitro benzene ring substituents is 1. The number of likely N-dealkylation sites (tertiary alicyclic amines) is 1. The van der Waals surface area contributed by atoms with E-state index in [-0.39, 0.29) is 36.1 Å². The summed E-state index contributed by atoms with van der Waals surface area (Å²) in [4.78, 5) is 24.3. The average Bonchev–Trinajstić information content (AvgIpc) is 2.85. The number of hydrogen-bond acceptors (Lipinski definition) is 5. The van der Waals surface area contributed by atoms with Gasteiger partial charge in [0.1, 0.15) is 0 Å². The predicted molar refractivity (Wildman–Crippen MR) is 70.8 cm³/mol. The maximum absolute atomic E-state index is 12.4. The second kappa shape index (κ2) is 5.87. The Morgan fingerprint density at radius 2 is 2.35 bits per heavy atom. The van der Waals surface area contributed by atoms with E-state index in [9.17, 15) is 20.0 Å². The zero-order valence-electron chi connectivity index (χ0n) is 11.1. The van der Waals surface area contributed by atoms with Crippen molar-refractivity contribution in [1.29, 1.82) is 0 Å². The molecule has 0 saturated carbocycles. The van der Waals surface area contributed by atoms with E-state index < -0.39 is 11.0 Å². The monoisotopic (exact) mass is 280 g/mol. The van der Waals surface area contributed by atoms with Crippen LogP contribution in [0.15, 0.2) is 18.2 Å². The highest BCUT2D eigenvalue weighted by molar-refractivity contribution is 5.98. The van der Waals surface area contributed by atoms with Gasteiger partial charge >= 0.3 is 5.69 Å². The van der Waals surface area contributed by atoms with Gasteiger partial charge in [0, 0.05) is 19.2 Å². The van der Waals surface area contributed by atoms with Crippen LogP contribution < -0.4 is 4.74 Å². The molecule has 7 heteroatoms. The number of benzene rings is 1. The molecular formula is C13H16N2O5. The molecule has 1 saturated heterocycles. The second-order valence-corrected chi connectivity index (χ2v) is 4.54. The first-order valence-electron chi connectivity index (χ1n) is 6.42. The SMILES string of the molecule is CCOc1c(C(=O)N2CC[C@@H](O)C2)cccc1[N+](=O)[O-]. The van der Waals surface area contributed by atoms with Crippen LogP contribution in [0.2, 0.25) is 0 Å². The van der Waals surface area contributed by atoms with Crippen molar-refractivity contribution in [2.75, 3.05) is 19.7 Å². The van der Waals surface area contributed by atoms with Crippen LogP contribution in [0.4, 0.5) is 5.69 Å². The summed E-state index contributed by atoms with van der Waals surface area (Å²) in [6, 6.07) is 4.27. The van der Waals surface area contributed by atoms with Gasteiger partial charge in [0.2, 0.25) is 5.75 Å². The molecule has 0 aromatic heterocycles. The molecule has 1 atom stereocenters. The fraction of sp³-hybridized carbons (Fsp3) is 0.462. The number of hydrogen-bond donors (Lipinski definition) is 1. The Labute approximate surface area is 115 Å². The fourth-order valence-corrected chi connectivity index (χ4v) is 2.23. The lowest BCUT2D eigenvalue weighted by Gasteiger charge is -2.17. The lowest BCUT2D eigenvalue weighted by molar-refractivity contribution is -0.385. The number of aliphatic hydroxyl groups is 1. The van der Waals surface area contributed by atoms with Gasteiger partial charge in [-0.25, -0.2) is 0 Å². The van der Waals surface area contributed by atoms with Crippen molar-refractivity contribution >= 4 is 11.6 Å². The van der Waals surface area contributed by atoms with Gasteiger partial charge in [0.25, 0.3) is 5.91 Å². The van der Waals surface area contributed by atoms with Crippen LogP contribution in [-0.4, -0.2) is 46.6 Å². The first kappa shape index (κ1) is 14.3. The minimum absolute atomic E-state index is 0.00797. The summed E-state index contributed by atoms with van der Waals surface area (Å²) in [6.07, 6.45) is -0.0156. The molecular weight excluding hydrogens is 264 g/mol. The van der Waals surface area contributed by atoms with Crippen LogP contribution in [0, 0.1) is 10.1 Å². The van der Waals surface area contributed by atoms with Crippen molar-refractivity contribution in [2.24, 2.45) is 0 Å². The van der Waals surface area contributed by atoms with Crippen molar-refractivity contribution in [1.82, 2.24) is 4.90 Å². The minimum atomic E-state index is -0.569. The van der Waals surface area contributed by atoms with E-state index in [4.69, 9.17) is 4.74 Å². The number of rotatable bonds is 4. The van der Waals surface area contributed by atoms with Gasteiger partial charge < -0.3 is 14.7 Å². The molecule has 1 aromatic rings. The van der Waals surface area contributed by atoms with E-state index >= 15 is 0 Å². The van der Waals surface area contributed by atoms with Crippen LogP contribution in [0.5, 0.6) is 5.75 Å². The van der Waals surface area contributed by atoms with E-state index in [0.717, 1.165) is 0 Å². The molecule has 2 rings (SSSR count). The molecule has 1 heterocycles. The molecule has 0 radical (unpaired) electrons. The smallest absolute Gasteiger partial charge is 0.311 e. The standard InChI is InChI=1S/C13H16N2O5/c1-2-20-12-10(4-3-5-11(12)15(18)19)13(17)14-7-6-9(16)8-14/h3-5,9,16H,2,6-8H2,1H3/t9-/m1/s1. The summed E-state index contributed by atoms with van der Waals surface area (Å²) in [7, 11) is 0. The number of nitrogens with zero attached hydrogens (tertiary/aromatic N) is 2. The van der Waals surface area contributed by atoms with Crippen LogP contribution in [0.1, 0.15) is 23.7 Å². The molecule has 1 N–H and O–H groups in total. The normalized spacial score (nSPS) is 18.1. The third kappa shape index (κ3) is 2.72. The van der Waals surface area contributed by atoms with Gasteiger partial charge in [-0.15, -0.1) is 0 Å². The molecule has 1 aromatic carbocycles. The topological polar surface area (TPSA) is 92.9 Å². The Bertz CT molecular complexity index is 531. The summed E-state index contributed by atoms with van der Waals surface area (Å²) >= 11 is 0. The van der Waals surface area contributed by atoms with Gasteiger partial charge in [-0.3, -0.25) is 14.9 Å². The third-order valence-electron chi connectivity index (χ3n) is 3.16. The third-order valence-corrected chi connectivity index (χ3v) is 3.16. The molecule has 0 aliphatic carbocycles. The van der Waals surface area contributed by atoms with Crippen molar-refractivity contribution in [3.05, 3.63) is 33.9 Å². The molecule has 7 nitrogen and oxygen atoms in total. The summed E-state index contributed by atoms with van der Waals surface area (Å²) in [5.41, 5.74) is -0.0624. The van der Waals surface area contributed by atoms with Crippen molar-refractivity contribution in [3.63, 3.8) is 0 Å². The first-order chi connectivity index (χ1) is 9.54. The number of β-amino-alcohol motifs (C(OH)–C–C–N with tert-alkyl or cyclic N) is 1. The number of amides is 1. The van der Waals surface area contributed by atoms with Crippen LogP contribution >= 0.6 is 0 Å². The van der Waals surface area contributed by atoms with E-state index in [0.29, 0.717) is 13.0 Å². The Hall–Kier alpha value is -2.15. The molecule has 1 amide bonds. The predicted octanol–water partition coefficient (Wildman–Crippen LogP) is 1.20. The maximum atomic E-state index is 12.4. The molecule has 20 heavy (non-hydrogen) atoms. The summed E-state index contributed by atoms with van der Waals surface area (Å²) in [5.74, 6) is -0.361. The minimum Gasteiger partial charge on any atom is -0.487 e. The van der Waals surface area contributed by atoms with Crippen LogP contribution in [0.3, 0.4) is 0 Å². The van der Waals surface area contributed by atoms with E-state index in [1.807, 2.05) is 0 Å². The Morgan fingerprint density at radius 3 is 2.90 bits per heavy atom. The van der Waals surface area contributed by atoms with Crippen LogP contribution in [0.25, 0.3) is 0 Å². The summed E-state index contributed by atoms with van der Waals surface area (Å²) < 4.78 is 5.29. The lowest BCUT2D eigenvalue weighted by Crippen LogP contribution is -2.30. The number of carbonyl (C=O) groups excluding carboxylic acids is 1. The van der Waals surface area contributed by atoms with E-state index in [1.165, 1.54) is 23.1 Å². The molecule has 1 fully saturated rings. The number of ether oxygens (including phenoxy) is 1. The average molecular weight is 280 g/mol. The highest BCUT2D eigenvalue weighted by Gasteiger charge is 2.30. The Kier molecular flexibility index (Phi) is 4.19. The summed E-state index contributed by atoms with van der Waals surface area (Å²) in [6.45, 7) is 2.61. The number of para-hydroxylation sites is 1. The summed E-state index contributed by atoms with van der Waals surface area (Å²) in [5, 5.41) is 20.5. The van der Waals surface area contributed by atoms with Crippen LogP contribution in [-0.2, 0) is 0 Å². The molecule has 0 unspecified atom stereocenters. The van der Waals surface area contributed by atoms with Crippen molar-refractivity contribution in [2.45, 2.75) is 19.4 Å². The highest BCUT2D eigenvalue weighted by Crippen LogP contribution is 2.32. The fourth-order valence-electron chi connectivity index (χ4n) is 2.23.